The van der Waals surface area contributed by atoms with Crippen LogP contribution >= 0.6 is 0 Å². The highest BCUT2D eigenvalue weighted by molar-refractivity contribution is 5.53. The van der Waals surface area contributed by atoms with Gasteiger partial charge in [0.1, 0.15) is 17.5 Å². The zero-order valence-corrected chi connectivity index (χ0v) is 12.3. The van der Waals surface area contributed by atoms with E-state index in [0.29, 0.717) is 0 Å². The van der Waals surface area contributed by atoms with E-state index in [1.807, 2.05) is 50.2 Å². The summed E-state index contributed by atoms with van der Waals surface area (Å²) in [5.74, 6) is 1.01. The number of aryl methyl sites for hydroxylation is 2. The van der Waals surface area contributed by atoms with Gasteiger partial charge in [0.05, 0.1) is 13.2 Å². The lowest BCUT2D eigenvalue weighted by Crippen LogP contribution is -2.09. The zero-order chi connectivity index (χ0) is 15.4. The maximum absolute atomic E-state index is 9.82. The van der Waals surface area contributed by atoms with Crippen LogP contribution in [0.2, 0.25) is 0 Å². The molecule has 0 saturated carbocycles. The molecule has 2 N–H and O–H groups in total. The Morgan fingerprint density at radius 2 is 1.86 bits per heavy atom. The van der Waals surface area contributed by atoms with Crippen LogP contribution < -0.4 is 10.1 Å². The molecule has 1 atom stereocenters. The number of anilines is 1. The minimum atomic E-state index is -0.491. The molecule has 0 saturated heterocycles. The summed E-state index contributed by atoms with van der Waals surface area (Å²) in [6.07, 6.45) is 0. The Balaban J connectivity index is 2.30. The number of rotatable bonds is 4. The number of methoxy groups -OCH3 is 1. The van der Waals surface area contributed by atoms with Crippen molar-refractivity contribution < 1.29 is 9.84 Å². The molecule has 4 heteroatoms. The number of hydrogen-bond donors (Lipinski definition) is 2. The van der Waals surface area contributed by atoms with Gasteiger partial charge in [-0.2, -0.15) is 5.26 Å². The molecule has 21 heavy (non-hydrogen) atoms. The number of hydrogen-bond acceptors (Lipinski definition) is 4. The standard InChI is InChI=1S/C17H18N2O2/c1-11-7-13(8-12(2)17(11)20)16(10-18)19-14-5-4-6-15(9-14)21-3/h4-9,16,19-20H,1-3H3. The summed E-state index contributed by atoms with van der Waals surface area (Å²) in [5, 5.41) is 22.4. The van der Waals surface area contributed by atoms with Crippen LogP contribution in [-0.4, -0.2) is 12.2 Å². The monoisotopic (exact) mass is 282 g/mol. The van der Waals surface area contributed by atoms with Crippen molar-refractivity contribution >= 4 is 5.69 Å². The molecule has 0 radical (unpaired) electrons. The molecule has 1 unspecified atom stereocenters. The summed E-state index contributed by atoms with van der Waals surface area (Å²) in [6, 6.07) is 12.8. The zero-order valence-electron chi connectivity index (χ0n) is 12.3. The van der Waals surface area contributed by atoms with Crippen molar-refractivity contribution in [3.05, 3.63) is 53.1 Å². The average molecular weight is 282 g/mol. The van der Waals surface area contributed by atoms with Gasteiger partial charge in [0.15, 0.2) is 0 Å². The SMILES string of the molecule is COc1cccc(NC(C#N)c2cc(C)c(O)c(C)c2)c1. The number of aromatic hydroxyl groups is 1. The summed E-state index contributed by atoms with van der Waals surface area (Å²) in [4.78, 5) is 0. The molecule has 0 heterocycles. The number of nitrogens with one attached hydrogen (secondary N) is 1. The van der Waals surface area contributed by atoms with Crippen LogP contribution in [0.15, 0.2) is 36.4 Å². The maximum atomic E-state index is 9.82. The molecule has 2 rings (SSSR count). The Kier molecular flexibility index (Phi) is 4.34. The summed E-state index contributed by atoms with van der Waals surface area (Å²) in [6.45, 7) is 3.65. The molecule has 2 aromatic rings. The van der Waals surface area contributed by atoms with Gasteiger partial charge in [0.2, 0.25) is 0 Å². The van der Waals surface area contributed by atoms with Crippen LogP contribution in [-0.2, 0) is 0 Å². The fourth-order valence-corrected chi connectivity index (χ4v) is 2.23. The van der Waals surface area contributed by atoms with Crippen molar-refractivity contribution in [3.63, 3.8) is 0 Å². The third kappa shape index (κ3) is 3.26. The lowest BCUT2D eigenvalue weighted by atomic mass is 10.0. The first-order chi connectivity index (χ1) is 10.0. The van der Waals surface area contributed by atoms with Crippen molar-refractivity contribution in [2.45, 2.75) is 19.9 Å². The van der Waals surface area contributed by atoms with E-state index in [-0.39, 0.29) is 5.75 Å². The topological polar surface area (TPSA) is 65.3 Å². The van der Waals surface area contributed by atoms with Gasteiger partial charge in [0, 0.05) is 11.8 Å². The molecule has 0 aliphatic heterocycles. The van der Waals surface area contributed by atoms with Gasteiger partial charge in [0.25, 0.3) is 0 Å². The molecule has 0 fully saturated rings. The number of nitriles is 1. The van der Waals surface area contributed by atoms with E-state index in [1.54, 1.807) is 7.11 Å². The second-order valence-electron chi connectivity index (χ2n) is 4.94. The number of phenolic OH excluding ortho intramolecular Hbond substituents is 1. The Morgan fingerprint density at radius 1 is 1.19 bits per heavy atom. The van der Waals surface area contributed by atoms with Gasteiger partial charge >= 0.3 is 0 Å². The van der Waals surface area contributed by atoms with E-state index in [1.165, 1.54) is 0 Å². The van der Waals surface area contributed by atoms with Crippen LogP contribution in [0.25, 0.3) is 0 Å². The van der Waals surface area contributed by atoms with E-state index in [9.17, 15) is 10.4 Å². The average Bonchev–Trinajstić information content (AvgIpc) is 2.50. The molecule has 0 aromatic heterocycles. The summed E-state index contributed by atoms with van der Waals surface area (Å²) < 4.78 is 5.17. The molecule has 0 aliphatic carbocycles. The predicted octanol–water partition coefficient (Wildman–Crippen LogP) is 3.69. The summed E-state index contributed by atoms with van der Waals surface area (Å²) in [5.41, 5.74) is 3.16. The normalized spacial score (nSPS) is 11.5. The number of phenols is 1. The minimum absolute atomic E-state index is 0.275. The Labute approximate surface area is 124 Å². The van der Waals surface area contributed by atoms with Crippen LogP contribution in [0.1, 0.15) is 22.7 Å². The van der Waals surface area contributed by atoms with E-state index >= 15 is 0 Å². The molecular formula is C17H18N2O2. The first kappa shape index (κ1) is 14.7. The summed E-state index contributed by atoms with van der Waals surface area (Å²) in [7, 11) is 1.60. The van der Waals surface area contributed by atoms with E-state index in [2.05, 4.69) is 11.4 Å². The molecule has 108 valence electrons. The van der Waals surface area contributed by atoms with E-state index in [0.717, 1.165) is 28.1 Å². The van der Waals surface area contributed by atoms with Gasteiger partial charge in [-0.15, -0.1) is 0 Å². The van der Waals surface area contributed by atoms with Gasteiger partial charge in [-0.3, -0.25) is 0 Å². The highest BCUT2D eigenvalue weighted by Crippen LogP contribution is 2.28. The maximum Gasteiger partial charge on any atom is 0.140 e. The van der Waals surface area contributed by atoms with Crippen molar-refractivity contribution in [1.82, 2.24) is 0 Å². The third-order valence-electron chi connectivity index (χ3n) is 3.36. The summed E-state index contributed by atoms with van der Waals surface area (Å²) >= 11 is 0. The van der Waals surface area contributed by atoms with Crippen LogP contribution in [0.5, 0.6) is 11.5 Å². The molecular weight excluding hydrogens is 264 g/mol. The highest BCUT2D eigenvalue weighted by atomic mass is 16.5. The fourth-order valence-electron chi connectivity index (χ4n) is 2.23. The van der Waals surface area contributed by atoms with Crippen LogP contribution in [0, 0.1) is 25.2 Å². The van der Waals surface area contributed by atoms with Crippen molar-refractivity contribution in [2.24, 2.45) is 0 Å². The van der Waals surface area contributed by atoms with Gasteiger partial charge in [-0.1, -0.05) is 6.07 Å². The lowest BCUT2D eigenvalue weighted by molar-refractivity contribution is 0.415. The second-order valence-corrected chi connectivity index (χ2v) is 4.94. The van der Waals surface area contributed by atoms with Crippen molar-refractivity contribution in [1.29, 1.82) is 5.26 Å². The van der Waals surface area contributed by atoms with Crippen LogP contribution in [0.4, 0.5) is 5.69 Å². The molecule has 0 amide bonds. The van der Waals surface area contributed by atoms with Gasteiger partial charge < -0.3 is 15.2 Å². The third-order valence-corrected chi connectivity index (χ3v) is 3.36. The first-order valence-corrected chi connectivity index (χ1v) is 6.65. The second kappa shape index (κ2) is 6.19. The number of ether oxygens (including phenoxy) is 1. The van der Waals surface area contributed by atoms with E-state index < -0.39 is 6.04 Å². The fraction of sp³-hybridized carbons (Fsp3) is 0.235. The largest absolute Gasteiger partial charge is 0.507 e. The highest BCUT2D eigenvalue weighted by Gasteiger charge is 2.13. The Hall–Kier alpha value is -2.67. The lowest BCUT2D eigenvalue weighted by Gasteiger charge is -2.16. The molecule has 0 bridgehead atoms. The molecule has 0 spiro atoms. The first-order valence-electron chi connectivity index (χ1n) is 6.65. The quantitative estimate of drug-likeness (QED) is 0.897. The molecule has 2 aromatic carbocycles. The Bertz CT molecular complexity index is 666. The van der Waals surface area contributed by atoms with Crippen LogP contribution in [0.3, 0.4) is 0 Å². The van der Waals surface area contributed by atoms with Crippen molar-refractivity contribution in [2.75, 3.05) is 12.4 Å². The van der Waals surface area contributed by atoms with Crippen molar-refractivity contribution in [3.8, 4) is 17.6 Å². The minimum Gasteiger partial charge on any atom is -0.507 e. The Morgan fingerprint density at radius 3 is 2.43 bits per heavy atom. The predicted molar refractivity (Wildman–Crippen MR) is 82.6 cm³/mol. The number of nitrogens with zero attached hydrogens (tertiary/aromatic N) is 1. The smallest absolute Gasteiger partial charge is 0.140 e. The molecule has 0 aliphatic rings. The van der Waals surface area contributed by atoms with Gasteiger partial charge in [-0.05, 0) is 54.8 Å². The van der Waals surface area contributed by atoms with E-state index in [4.69, 9.17) is 4.74 Å². The number of benzene rings is 2. The van der Waals surface area contributed by atoms with Gasteiger partial charge in [-0.25, -0.2) is 0 Å². The molecule has 4 nitrogen and oxygen atoms in total.